The van der Waals surface area contributed by atoms with Crippen LogP contribution in [0.15, 0.2) is 24.3 Å². The number of carbonyl (C=O) groups is 1. The van der Waals surface area contributed by atoms with Crippen LogP contribution in [0.4, 0.5) is 13.2 Å². The Hall–Kier alpha value is -1.51. The van der Waals surface area contributed by atoms with E-state index in [0.717, 1.165) is 24.9 Å². The molecule has 0 aliphatic carbocycles. The van der Waals surface area contributed by atoms with Crippen LogP contribution in [0.5, 0.6) is 5.75 Å². The standard InChI is InChI=1S/C17H24F3N3O2.ClH/c1-12(13-4-6-15(7-5-13)25-17(18,19)20)23-10-2-3-14(11-23)16(24)22-9-8-21;/h4-7,12,14H,2-3,8-11,21H2,1H3,(H,22,24);1H. The second-order valence-corrected chi connectivity index (χ2v) is 6.21. The summed E-state index contributed by atoms with van der Waals surface area (Å²) >= 11 is 0. The molecule has 1 heterocycles. The fraction of sp³-hybridized carbons (Fsp3) is 0.588. The van der Waals surface area contributed by atoms with Crippen LogP contribution in [-0.4, -0.2) is 43.3 Å². The summed E-state index contributed by atoms with van der Waals surface area (Å²) in [7, 11) is 0. The van der Waals surface area contributed by atoms with Crippen molar-refractivity contribution in [3.63, 3.8) is 0 Å². The second kappa shape index (κ2) is 9.99. The molecule has 0 radical (unpaired) electrons. The summed E-state index contributed by atoms with van der Waals surface area (Å²) in [4.78, 5) is 14.3. The van der Waals surface area contributed by atoms with Gasteiger partial charge in [0, 0.05) is 25.7 Å². The molecule has 2 atom stereocenters. The molecule has 1 aromatic carbocycles. The third-order valence-corrected chi connectivity index (χ3v) is 4.41. The molecular weight excluding hydrogens is 371 g/mol. The number of hydrogen-bond donors (Lipinski definition) is 2. The molecule has 26 heavy (non-hydrogen) atoms. The van der Waals surface area contributed by atoms with Crippen LogP contribution in [0.3, 0.4) is 0 Å². The van der Waals surface area contributed by atoms with Crippen LogP contribution in [0, 0.1) is 5.92 Å². The van der Waals surface area contributed by atoms with Crippen LogP contribution in [0.25, 0.3) is 0 Å². The van der Waals surface area contributed by atoms with Crippen molar-refractivity contribution < 1.29 is 22.7 Å². The smallest absolute Gasteiger partial charge is 0.406 e. The number of halogens is 4. The lowest BCUT2D eigenvalue weighted by molar-refractivity contribution is -0.274. The first kappa shape index (κ1) is 22.5. The molecule has 0 saturated carbocycles. The van der Waals surface area contributed by atoms with Crippen LogP contribution >= 0.6 is 12.4 Å². The number of nitrogens with one attached hydrogen (secondary N) is 1. The van der Waals surface area contributed by atoms with E-state index in [4.69, 9.17) is 5.73 Å². The molecule has 5 nitrogen and oxygen atoms in total. The normalized spacial score (nSPS) is 19.3. The first-order valence-corrected chi connectivity index (χ1v) is 8.37. The molecule has 2 rings (SSSR count). The van der Waals surface area contributed by atoms with Crippen LogP contribution < -0.4 is 15.8 Å². The number of piperidine rings is 1. The van der Waals surface area contributed by atoms with Gasteiger partial charge in [0.2, 0.25) is 5.91 Å². The van der Waals surface area contributed by atoms with Crippen molar-refractivity contribution in [2.24, 2.45) is 11.7 Å². The minimum absolute atomic E-state index is 0. The van der Waals surface area contributed by atoms with E-state index in [1.807, 2.05) is 6.92 Å². The molecule has 1 aromatic rings. The molecule has 9 heteroatoms. The van der Waals surface area contributed by atoms with Gasteiger partial charge < -0.3 is 15.8 Å². The monoisotopic (exact) mass is 395 g/mol. The van der Waals surface area contributed by atoms with E-state index in [-0.39, 0.29) is 36.0 Å². The molecule has 2 unspecified atom stereocenters. The molecule has 1 aliphatic rings. The molecule has 0 bridgehead atoms. The molecular formula is C17H25ClF3N3O2. The van der Waals surface area contributed by atoms with Gasteiger partial charge >= 0.3 is 6.36 Å². The summed E-state index contributed by atoms with van der Waals surface area (Å²) in [6.45, 7) is 4.33. The van der Waals surface area contributed by atoms with Crippen molar-refractivity contribution in [1.29, 1.82) is 0 Å². The molecule has 1 fully saturated rings. The van der Waals surface area contributed by atoms with Crippen molar-refractivity contribution in [3.8, 4) is 5.75 Å². The van der Waals surface area contributed by atoms with Crippen molar-refractivity contribution >= 4 is 18.3 Å². The second-order valence-electron chi connectivity index (χ2n) is 6.21. The maximum Gasteiger partial charge on any atom is 0.573 e. The maximum atomic E-state index is 12.2. The lowest BCUT2D eigenvalue weighted by Crippen LogP contribution is -2.44. The number of nitrogens with zero attached hydrogens (tertiary/aromatic N) is 1. The lowest BCUT2D eigenvalue weighted by Gasteiger charge is -2.36. The third-order valence-electron chi connectivity index (χ3n) is 4.41. The maximum absolute atomic E-state index is 12.2. The third kappa shape index (κ3) is 6.66. The number of ether oxygens (including phenoxy) is 1. The van der Waals surface area contributed by atoms with Gasteiger partial charge in [0.05, 0.1) is 5.92 Å². The number of alkyl halides is 3. The van der Waals surface area contributed by atoms with Crippen molar-refractivity contribution in [3.05, 3.63) is 29.8 Å². The van der Waals surface area contributed by atoms with E-state index in [9.17, 15) is 18.0 Å². The highest BCUT2D eigenvalue weighted by molar-refractivity contribution is 5.85. The number of nitrogens with two attached hydrogens (primary N) is 1. The van der Waals surface area contributed by atoms with E-state index in [2.05, 4.69) is 15.0 Å². The largest absolute Gasteiger partial charge is 0.573 e. The molecule has 148 valence electrons. The first-order valence-electron chi connectivity index (χ1n) is 8.37. The van der Waals surface area contributed by atoms with Crippen LogP contribution in [0.1, 0.15) is 31.4 Å². The lowest BCUT2D eigenvalue weighted by atomic mass is 9.94. The molecule has 3 N–H and O–H groups in total. The van der Waals surface area contributed by atoms with Gasteiger partial charge in [0.15, 0.2) is 0 Å². The average molecular weight is 396 g/mol. The molecule has 1 saturated heterocycles. The number of benzene rings is 1. The minimum atomic E-state index is -4.69. The van der Waals surface area contributed by atoms with Gasteiger partial charge in [-0.3, -0.25) is 9.69 Å². The predicted octanol–water partition coefficient (Wildman–Crippen LogP) is 2.85. The summed E-state index contributed by atoms with van der Waals surface area (Å²) in [5.74, 6) is -0.312. The Morgan fingerprint density at radius 2 is 2.04 bits per heavy atom. The summed E-state index contributed by atoms with van der Waals surface area (Å²) in [6.07, 6.45) is -2.96. The Labute approximate surface area is 157 Å². The van der Waals surface area contributed by atoms with Crippen LogP contribution in [0.2, 0.25) is 0 Å². The van der Waals surface area contributed by atoms with Crippen molar-refractivity contribution in [2.75, 3.05) is 26.2 Å². The summed E-state index contributed by atoms with van der Waals surface area (Å²) < 4.78 is 40.6. The zero-order valence-electron chi connectivity index (χ0n) is 14.6. The summed E-state index contributed by atoms with van der Waals surface area (Å²) in [5, 5.41) is 2.82. The van der Waals surface area contributed by atoms with Gasteiger partial charge in [0.1, 0.15) is 5.75 Å². The predicted molar refractivity (Wildman–Crippen MR) is 95.1 cm³/mol. The highest BCUT2D eigenvalue weighted by Crippen LogP contribution is 2.29. The minimum Gasteiger partial charge on any atom is -0.406 e. The zero-order valence-corrected chi connectivity index (χ0v) is 15.4. The number of rotatable bonds is 6. The number of carbonyl (C=O) groups excluding carboxylic acids is 1. The van der Waals surface area contributed by atoms with Crippen molar-refractivity contribution in [2.45, 2.75) is 32.2 Å². The fourth-order valence-corrected chi connectivity index (χ4v) is 3.07. The number of hydrogen-bond acceptors (Lipinski definition) is 4. The molecule has 1 aliphatic heterocycles. The Morgan fingerprint density at radius 1 is 1.38 bits per heavy atom. The Balaban J connectivity index is 0.00000338. The van der Waals surface area contributed by atoms with Gasteiger partial charge in [-0.2, -0.15) is 0 Å². The van der Waals surface area contributed by atoms with E-state index in [0.29, 0.717) is 19.6 Å². The van der Waals surface area contributed by atoms with E-state index in [1.165, 1.54) is 12.1 Å². The average Bonchev–Trinajstić information content (AvgIpc) is 2.58. The Bertz CT molecular complexity index is 569. The van der Waals surface area contributed by atoms with Gasteiger partial charge in [-0.05, 0) is 44.0 Å². The van der Waals surface area contributed by atoms with E-state index >= 15 is 0 Å². The van der Waals surface area contributed by atoms with Crippen molar-refractivity contribution in [1.82, 2.24) is 10.2 Å². The highest BCUT2D eigenvalue weighted by atomic mass is 35.5. The van der Waals surface area contributed by atoms with Gasteiger partial charge in [-0.15, -0.1) is 25.6 Å². The van der Waals surface area contributed by atoms with E-state index in [1.54, 1.807) is 12.1 Å². The first-order chi connectivity index (χ1) is 11.8. The summed E-state index contributed by atoms with van der Waals surface area (Å²) in [5.41, 5.74) is 6.29. The quantitative estimate of drug-likeness (QED) is 0.777. The topological polar surface area (TPSA) is 67.6 Å². The zero-order chi connectivity index (χ0) is 18.4. The molecule has 1 amide bonds. The number of likely N-dealkylation sites (tertiary alicyclic amines) is 1. The van der Waals surface area contributed by atoms with Gasteiger partial charge in [-0.25, -0.2) is 0 Å². The molecule has 0 aromatic heterocycles. The molecule has 0 spiro atoms. The summed E-state index contributed by atoms with van der Waals surface area (Å²) in [6, 6.07) is 5.89. The Morgan fingerprint density at radius 3 is 2.62 bits per heavy atom. The number of amides is 1. The van der Waals surface area contributed by atoms with Gasteiger partial charge in [-0.1, -0.05) is 12.1 Å². The SMILES string of the molecule is CC(c1ccc(OC(F)(F)F)cc1)N1CCCC(C(=O)NCCN)C1.Cl. The van der Waals surface area contributed by atoms with Crippen LogP contribution in [-0.2, 0) is 4.79 Å². The van der Waals surface area contributed by atoms with Gasteiger partial charge in [0.25, 0.3) is 0 Å². The Kier molecular flexibility index (Phi) is 8.66. The fourth-order valence-electron chi connectivity index (χ4n) is 3.07. The highest BCUT2D eigenvalue weighted by Gasteiger charge is 2.31. The van der Waals surface area contributed by atoms with E-state index < -0.39 is 6.36 Å².